The summed E-state index contributed by atoms with van der Waals surface area (Å²) in [6.07, 6.45) is -14.4. The normalized spacial score (nSPS) is 22.2. The first kappa shape index (κ1) is 79.8. The molecule has 28 heteroatoms. The molecule has 4 amide bonds. The summed E-state index contributed by atoms with van der Waals surface area (Å²) in [4.78, 5) is 75.4. The summed E-state index contributed by atoms with van der Waals surface area (Å²) in [6.45, 7) is 3.68. The minimum absolute atomic E-state index is 0. The van der Waals surface area contributed by atoms with E-state index in [4.69, 9.17) is 18.9 Å². The molecule has 2 fully saturated rings. The van der Waals surface area contributed by atoms with E-state index in [0.717, 1.165) is 58.7 Å². The number of amides is 4. The van der Waals surface area contributed by atoms with Crippen LogP contribution >= 0.6 is 23.5 Å². The second kappa shape index (κ2) is 40.1. The predicted molar refractivity (Wildman–Crippen MR) is 340 cm³/mol. The molecule has 2 saturated heterocycles. The van der Waals surface area contributed by atoms with Crippen molar-refractivity contribution in [2.24, 2.45) is 0 Å². The van der Waals surface area contributed by atoms with E-state index in [1.54, 1.807) is 72.1 Å². The molecule has 0 saturated carbocycles. The van der Waals surface area contributed by atoms with Crippen LogP contribution in [-0.4, -0.2) is 201 Å². The zero-order valence-electron chi connectivity index (χ0n) is 53.2. The van der Waals surface area contributed by atoms with Gasteiger partial charge in [-0.15, -0.1) is 0 Å². The molecule has 12 atom stereocenters. The summed E-state index contributed by atoms with van der Waals surface area (Å²) in [5.41, 5.74) is 6.40. The number of carbonyl (C=O) groups is 6. The van der Waals surface area contributed by atoms with E-state index in [9.17, 15) is 69.6 Å². The molecular weight excluding hydrogens is 1270 g/mol. The molecule has 94 heavy (non-hydrogen) atoms. The molecule has 5 aromatic carbocycles. The van der Waals surface area contributed by atoms with Gasteiger partial charge in [0.05, 0.1) is 49.7 Å². The van der Waals surface area contributed by atoms with Gasteiger partial charge in [0, 0.05) is 88.6 Å². The molecule has 2 heterocycles. The van der Waals surface area contributed by atoms with Gasteiger partial charge in [0.2, 0.25) is 23.4 Å². The van der Waals surface area contributed by atoms with Crippen LogP contribution in [-0.2, 0) is 51.2 Å². The first-order valence-corrected chi connectivity index (χ1v) is 32.7. The third-order valence-electron chi connectivity index (χ3n) is 15.5. The maximum absolute atomic E-state index is 13.0. The van der Waals surface area contributed by atoms with Crippen LogP contribution in [0.1, 0.15) is 71.4 Å². The number of aliphatic hydroxyl groups excluding tert-OH is 6. The Morgan fingerprint density at radius 3 is 1.19 bits per heavy atom. The molecule has 0 bridgehead atoms. The van der Waals surface area contributed by atoms with Crippen LogP contribution in [0.5, 0.6) is 0 Å². The fraction of sp³-hybridized carbons (Fsp3) is 0.455. The Morgan fingerprint density at radius 1 is 0.521 bits per heavy atom. The standard InChI is InChI=1S/C66H84N6O18S2.2Na/c1-41(73)71-55-51(75)35-65(63(83)84,89-59(55)57(79)53(77)39-69-61(81)49-23-19-47(20-24-49)45-11-5-3-6-12-45)87-29-9-31-91-33-27-67-37-43-15-17-44(18-16-43)38-68-28-34-92-32-10-30-88-66(64(85)86)36-52(76)56(72-42(2)74)60(90-66)58(80)54(78)40-70-62(82)50-25-21-48(22-26-50)46-13-7-4-8-14-46;;/h3-8,11-26,51-60,67-68,75-80H,9-10,27-40H2,1-2H3,(H,69,81)(H,70,82)(H,71,73)(H,72,74)(H,83,84)(H,85,86);;/q;2*+1/p-2/t51-,52-,53+,54+,55+,56+,57+,58+,59+,60+,65+,66+;;/m0../s1. The zero-order chi connectivity index (χ0) is 66.2. The van der Waals surface area contributed by atoms with E-state index in [1.165, 1.54) is 0 Å². The van der Waals surface area contributed by atoms with E-state index in [-0.39, 0.29) is 83.5 Å². The molecule has 2 aliphatic rings. The summed E-state index contributed by atoms with van der Waals surface area (Å²) in [6, 6.07) is 38.0. The molecule has 0 aliphatic carbocycles. The molecule has 5 aromatic rings. The van der Waals surface area contributed by atoms with Gasteiger partial charge in [-0.1, -0.05) is 109 Å². The van der Waals surface area contributed by atoms with Gasteiger partial charge in [0.25, 0.3) is 11.8 Å². The van der Waals surface area contributed by atoms with Crippen molar-refractivity contribution in [1.82, 2.24) is 31.9 Å². The van der Waals surface area contributed by atoms with Crippen LogP contribution in [0, 0.1) is 0 Å². The molecule has 498 valence electrons. The molecule has 12 N–H and O–H groups in total. The third-order valence-corrected chi connectivity index (χ3v) is 17.6. The summed E-state index contributed by atoms with van der Waals surface area (Å²) in [5, 5.41) is 109. The Morgan fingerprint density at radius 2 is 0.862 bits per heavy atom. The summed E-state index contributed by atoms with van der Waals surface area (Å²) in [5.74, 6) is -8.44. The van der Waals surface area contributed by atoms with Gasteiger partial charge in [-0.05, 0) is 82.0 Å². The minimum atomic E-state index is -2.53. The molecule has 0 aromatic heterocycles. The van der Waals surface area contributed by atoms with Crippen molar-refractivity contribution in [1.29, 1.82) is 0 Å². The number of nitrogens with one attached hydrogen (secondary N) is 6. The van der Waals surface area contributed by atoms with Crippen molar-refractivity contribution in [3.63, 3.8) is 0 Å². The second-order valence-corrected chi connectivity index (χ2v) is 24.9. The van der Waals surface area contributed by atoms with Gasteiger partial charge in [0.1, 0.15) is 36.4 Å². The number of rotatable bonds is 36. The van der Waals surface area contributed by atoms with Gasteiger partial charge in [0.15, 0.2) is 0 Å². The number of aliphatic carboxylic acids is 2. The molecule has 24 nitrogen and oxygen atoms in total. The molecule has 7 rings (SSSR count). The zero-order valence-corrected chi connectivity index (χ0v) is 58.8. The predicted octanol–water partition coefficient (Wildman–Crippen LogP) is -6.01. The molecule has 0 radical (unpaired) electrons. The summed E-state index contributed by atoms with van der Waals surface area (Å²) >= 11 is 3.20. The first-order chi connectivity index (χ1) is 44.2. The van der Waals surface area contributed by atoms with Gasteiger partial charge in [-0.25, -0.2) is 0 Å². The third kappa shape index (κ3) is 23.7. The largest absolute Gasteiger partial charge is 1.00 e. The minimum Gasteiger partial charge on any atom is -0.544 e. The second-order valence-electron chi connectivity index (χ2n) is 22.5. The van der Waals surface area contributed by atoms with Gasteiger partial charge < -0.3 is 101 Å². The Balaban J connectivity index is 0.00000800. The van der Waals surface area contributed by atoms with E-state index in [2.05, 4.69) is 31.9 Å². The van der Waals surface area contributed by atoms with Crippen LogP contribution in [0.25, 0.3) is 22.3 Å². The Hall–Kier alpha value is -4.86. The van der Waals surface area contributed by atoms with Gasteiger partial charge in [-0.2, -0.15) is 23.5 Å². The fourth-order valence-corrected chi connectivity index (χ4v) is 12.2. The van der Waals surface area contributed by atoms with Crippen LogP contribution in [0.2, 0.25) is 0 Å². The Labute approximate surface area is 599 Å². The fourth-order valence-electron chi connectivity index (χ4n) is 10.6. The summed E-state index contributed by atoms with van der Waals surface area (Å²) in [7, 11) is 0. The number of carboxylic acids is 2. The van der Waals surface area contributed by atoms with Crippen molar-refractivity contribution in [3.8, 4) is 22.3 Å². The summed E-state index contributed by atoms with van der Waals surface area (Å²) < 4.78 is 23.1. The number of carbonyl (C=O) groups excluding carboxylic acids is 6. The Kier molecular flexibility index (Phi) is 34.1. The average Bonchev–Trinajstić information content (AvgIpc) is 0.780. The number of aliphatic hydroxyl groups is 6. The number of hydrogen-bond donors (Lipinski definition) is 12. The van der Waals surface area contributed by atoms with Gasteiger partial charge in [-0.3, -0.25) is 19.2 Å². The molecular formula is C66H82N6Na2O18S2. The number of ether oxygens (including phenoxy) is 4. The monoisotopic (exact) mass is 1360 g/mol. The van der Waals surface area contributed by atoms with Crippen LogP contribution in [0.3, 0.4) is 0 Å². The average molecular weight is 1360 g/mol. The SMILES string of the molecule is CC(=O)N[C@H]1[C@H]([C@H](O)[C@H](O)CNC(=O)c2ccc(-c3ccccc3)cc2)O[C@@](OCCCSCCNCc2ccc(CNCCSCCCO[C@]3(C(=O)[O-])C[C@H](O)[C@@H](NC(C)=O)[C@H]([C@H](O)[C@H](O)CNC(=O)c4ccc(-c5ccccc5)cc4)O3)cc2)(C(=O)[O-])C[C@@H]1O.[Na+].[Na+]. The number of thioether (sulfide) groups is 2. The first-order valence-electron chi connectivity index (χ1n) is 30.4. The maximum atomic E-state index is 13.0. The van der Waals surface area contributed by atoms with Crippen LogP contribution in [0.15, 0.2) is 133 Å². The van der Waals surface area contributed by atoms with Crippen LogP contribution in [0.4, 0.5) is 0 Å². The van der Waals surface area contributed by atoms with E-state index in [0.29, 0.717) is 50.5 Å². The smallest absolute Gasteiger partial charge is 0.544 e. The Bertz CT molecular complexity index is 2950. The van der Waals surface area contributed by atoms with Crippen molar-refractivity contribution in [3.05, 3.63) is 156 Å². The number of carboxylic acid groups (broad SMARTS) is 2. The van der Waals surface area contributed by atoms with E-state index >= 15 is 0 Å². The van der Waals surface area contributed by atoms with Crippen molar-refractivity contribution < 1.29 is 148 Å². The number of benzene rings is 5. The molecule has 2 aliphatic heterocycles. The maximum Gasteiger partial charge on any atom is 1.00 e. The van der Waals surface area contributed by atoms with Crippen molar-refractivity contribution in [2.45, 2.75) is 125 Å². The van der Waals surface area contributed by atoms with Gasteiger partial charge >= 0.3 is 59.1 Å². The van der Waals surface area contributed by atoms with Crippen LogP contribution < -0.4 is 101 Å². The molecule has 0 spiro atoms. The molecule has 0 unspecified atom stereocenters. The van der Waals surface area contributed by atoms with Crippen molar-refractivity contribution >= 4 is 59.1 Å². The quantitative estimate of drug-likeness (QED) is 0.0131. The number of hydrogen-bond acceptors (Lipinski definition) is 22. The van der Waals surface area contributed by atoms with E-state index in [1.807, 2.05) is 84.9 Å². The topological polar surface area (TPSA) is 379 Å². The van der Waals surface area contributed by atoms with E-state index < -0.39 is 134 Å². The van der Waals surface area contributed by atoms with Crippen molar-refractivity contribution in [2.75, 3.05) is 62.4 Å².